The first-order chi connectivity index (χ1) is 12.0. The molecule has 0 aliphatic rings. The number of allylic oxidation sites excluding steroid dienone is 1. The summed E-state index contributed by atoms with van der Waals surface area (Å²) in [5, 5.41) is 0. The van der Waals surface area contributed by atoms with Gasteiger partial charge in [0.25, 0.3) is 0 Å². The highest BCUT2D eigenvalue weighted by atomic mass is 16.2. The van der Waals surface area contributed by atoms with Crippen molar-refractivity contribution < 1.29 is 4.79 Å². The molecule has 0 fully saturated rings. The number of aromatic nitrogens is 2. The molecule has 1 unspecified atom stereocenters. The normalized spacial score (nSPS) is 11.6. The Kier molecular flexibility index (Phi) is 6.52. The van der Waals surface area contributed by atoms with E-state index in [1.54, 1.807) is 18.6 Å². The lowest BCUT2D eigenvalue weighted by atomic mass is 10.0. The van der Waals surface area contributed by atoms with Crippen molar-refractivity contribution in [2.75, 3.05) is 6.54 Å². The van der Waals surface area contributed by atoms with Crippen LogP contribution in [0.3, 0.4) is 0 Å². The molecule has 2 rings (SSSR count). The van der Waals surface area contributed by atoms with Gasteiger partial charge in [-0.05, 0) is 18.1 Å². The second-order valence-electron chi connectivity index (χ2n) is 6.04. The number of aryl methyl sites for hydroxylation is 1. The van der Waals surface area contributed by atoms with Gasteiger partial charge in [0, 0.05) is 24.9 Å². The molecule has 1 aromatic carbocycles. The van der Waals surface area contributed by atoms with E-state index in [0.29, 0.717) is 18.5 Å². The fourth-order valence-electron chi connectivity index (χ4n) is 2.66. The lowest BCUT2D eigenvalue weighted by Gasteiger charge is -2.30. The molecule has 0 spiro atoms. The topological polar surface area (TPSA) is 49.0 Å². The number of nitrogens with one attached hydrogen (secondary N) is 1. The maximum absolute atomic E-state index is 12.9. The molecule has 1 aromatic heterocycles. The van der Waals surface area contributed by atoms with Gasteiger partial charge in [0.15, 0.2) is 0 Å². The number of hydrogen-bond acceptors (Lipinski definition) is 2. The summed E-state index contributed by atoms with van der Waals surface area (Å²) in [6, 6.07) is 7.99. The lowest BCUT2D eigenvalue weighted by Crippen LogP contribution is -2.36. The number of H-pyrrole nitrogens is 1. The number of imidazole rings is 1. The molecule has 0 bridgehead atoms. The second-order valence-corrected chi connectivity index (χ2v) is 6.04. The molecule has 0 saturated carbocycles. The first-order valence-corrected chi connectivity index (χ1v) is 8.31. The summed E-state index contributed by atoms with van der Waals surface area (Å²) in [7, 11) is 0. The van der Waals surface area contributed by atoms with Crippen LogP contribution >= 0.6 is 0 Å². The predicted octanol–water partition coefficient (Wildman–Crippen LogP) is 4.15. The Morgan fingerprint density at radius 3 is 2.60 bits per heavy atom. The van der Waals surface area contributed by atoms with Gasteiger partial charge in [-0.25, -0.2) is 4.98 Å². The molecule has 1 heterocycles. The number of rotatable bonds is 9. The zero-order valence-corrected chi connectivity index (χ0v) is 14.7. The van der Waals surface area contributed by atoms with Crippen LogP contribution in [0.2, 0.25) is 0 Å². The number of nitrogens with zero attached hydrogens (tertiary/aromatic N) is 2. The molecule has 0 radical (unpaired) electrons. The average Bonchev–Trinajstić information content (AvgIpc) is 3.13. The van der Waals surface area contributed by atoms with E-state index in [1.165, 1.54) is 5.56 Å². The summed E-state index contributed by atoms with van der Waals surface area (Å²) in [6.45, 7) is 14.1. The highest BCUT2D eigenvalue weighted by molar-refractivity contribution is 5.80. The molecule has 130 valence electrons. The number of carbonyl (C=O) groups excluding carboxylic acids is 1. The molecular formula is C21H25N3O. The smallest absolute Gasteiger partial charge is 0.227 e. The second kappa shape index (κ2) is 8.83. The zero-order chi connectivity index (χ0) is 18.2. The van der Waals surface area contributed by atoms with Crippen molar-refractivity contribution >= 4 is 5.91 Å². The van der Waals surface area contributed by atoms with Gasteiger partial charge in [-0.15, -0.1) is 6.58 Å². The lowest BCUT2D eigenvalue weighted by molar-refractivity contribution is -0.132. The van der Waals surface area contributed by atoms with Crippen LogP contribution < -0.4 is 0 Å². The molecule has 1 N–H and O–H groups in total. The van der Waals surface area contributed by atoms with Gasteiger partial charge in [0.1, 0.15) is 0 Å². The Bertz CT molecular complexity index is 729. The Balaban J connectivity index is 2.24. The summed E-state index contributed by atoms with van der Waals surface area (Å²) in [4.78, 5) is 21.8. The van der Waals surface area contributed by atoms with E-state index in [1.807, 2.05) is 42.2 Å². The number of benzene rings is 1. The summed E-state index contributed by atoms with van der Waals surface area (Å²) < 4.78 is 0. The highest BCUT2D eigenvalue weighted by Crippen LogP contribution is 2.24. The Hall–Kier alpha value is -2.88. The highest BCUT2D eigenvalue weighted by Gasteiger charge is 2.23. The SMILES string of the molecule is C=CC(=C)CC(=O)N(CCc1cnc[nH]1)C(C=C)c1ccc(C)cc1. The fourth-order valence-corrected chi connectivity index (χ4v) is 2.66. The number of carbonyl (C=O) groups is 1. The van der Waals surface area contributed by atoms with Crippen LogP contribution in [0.5, 0.6) is 0 Å². The van der Waals surface area contributed by atoms with Crippen molar-refractivity contribution in [3.05, 3.63) is 91.1 Å². The fraction of sp³-hybridized carbons (Fsp3) is 0.238. The zero-order valence-electron chi connectivity index (χ0n) is 14.7. The Morgan fingerprint density at radius 1 is 1.32 bits per heavy atom. The van der Waals surface area contributed by atoms with Gasteiger partial charge in [-0.3, -0.25) is 4.79 Å². The van der Waals surface area contributed by atoms with E-state index >= 15 is 0 Å². The van der Waals surface area contributed by atoms with Crippen molar-refractivity contribution in [1.29, 1.82) is 0 Å². The monoisotopic (exact) mass is 335 g/mol. The largest absolute Gasteiger partial charge is 0.348 e. The van der Waals surface area contributed by atoms with Gasteiger partial charge in [-0.2, -0.15) is 0 Å². The number of aromatic amines is 1. The molecule has 4 nitrogen and oxygen atoms in total. The Labute approximate surface area is 149 Å². The third-order valence-electron chi connectivity index (χ3n) is 4.14. The maximum Gasteiger partial charge on any atom is 0.227 e. The first-order valence-electron chi connectivity index (χ1n) is 8.31. The molecule has 2 aromatic rings. The first kappa shape index (κ1) is 18.5. The van der Waals surface area contributed by atoms with Crippen LogP contribution in [-0.4, -0.2) is 27.3 Å². The average molecular weight is 335 g/mol. The molecule has 0 saturated heterocycles. The van der Waals surface area contributed by atoms with Crippen LogP contribution in [0.1, 0.15) is 29.3 Å². The van der Waals surface area contributed by atoms with Gasteiger partial charge in [-0.1, -0.05) is 55.1 Å². The molecule has 0 aliphatic carbocycles. The van der Waals surface area contributed by atoms with E-state index in [0.717, 1.165) is 11.3 Å². The van der Waals surface area contributed by atoms with Gasteiger partial charge in [0.05, 0.1) is 18.8 Å². The standard InChI is InChI=1S/C21H25N3O/c1-5-16(3)13-21(25)24(12-11-19-14-22-15-23-19)20(6-2)18-9-7-17(4)8-10-18/h5-10,14-15,20H,1-3,11-13H2,4H3,(H,22,23). The van der Waals surface area contributed by atoms with Crippen molar-refractivity contribution in [2.24, 2.45) is 0 Å². The van der Waals surface area contributed by atoms with Crippen molar-refractivity contribution in [2.45, 2.75) is 25.8 Å². The molecule has 25 heavy (non-hydrogen) atoms. The Morgan fingerprint density at radius 2 is 2.04 bits per heavy atom. The van der Waals surface area contributed by atoms with Crippen LogP contribution in [0.4, 0.5) is 0 Å². The van der Waals surface area contributed by atoms with E-state index < -0.39 is 0 Å². The van der Waals surface area contributed by atoms with Gasteiger partial charge in [0.2, 0.25) is 5.91 Å². The summed E-state index contributed by atoms with van der Waals surface area (Å²) >= 11 is 0. The predicted molar refractivity (Wildman–Crippen MR) is 102 cm³/mol. The van der Waals surface area contributed by atoms with Crippen LogP contribution in [-0.2, 0) is 11.2 Å². The minimum atomic E-state index is -0.186. The van der Waals surface area contributed by atoms with Crippen molar-refractivity contribution in [3.8, 4) is 0 Å². The third kappa shape index (κ3) is 5.05. The van der Waals surface area contributed by atoms with Crippen LogP contribution in [0, 0.1) is 6.92 Å². The molecule has 1 amide bonds. The van der Waals surface area contributed by atoms with Crippen molar-refractivity contribution in [3.63, 3.8) is 0 Å². The van der Waals surface area contributed by atoms with Crippen molar-refractivity contribution in [1.82, 2.24) is 14.9 Å². The van der Waals surface area contributed by atoms with E-state index in [2.05, 4.69) is 29.7 Å². The van der Waals surface area contributed by atoms with E-state index in [-0.39, 0.29) is 18.4 Å². The minimum Gasteiger partial charge on any atom is -0.348 e. The number of hydrogen-bond donors (Lipinski definition) is 1. The van der Waals surface area contributed by atoms with Gasteiger partial charge < -0.3 is 9.88 Å². The van der Waals surface area contributed by atoms with Crippen LogP contribution in [0.25, 0.3) is 0 Å². The molecule has 4 heteroatoms. The maximum atomic E-state index is 12.9. The number of amides is 1. The molecule has 1 atom stereocenters. The third-order valence-corrected chi connectivity index (χ3v) is 4.14. The van der Waals surface area contributed by atoms with Gasteiger partial charge >= 0.3 is 0 Å². The quantitative estimate of drug-likeness (QED) is 0.553. The van der Waals surface area contributed by atoms with E-state index in [4.69, 9.17) is 0 Å². The van der Waals surface area contributed by atoms with Crippen LogP contribution in [0.15, 0.2) is 74.3 Å². The summed E-state index contributed by atoms with van der Waals surface area (Å²) in [5.41, 5.74) is 3.93. The molecular weight excluding hydrogens is 310 g/mol. The minimum absolute atomic E-state index is 0.00916. The summed E-state index contributed by atoms with van der Waals surface area (Å²) in [6.07, 6.45) is 7.81. The molecule has 0 aliphatic heterocycles. The summed E-state index contributed by atoms with van der Waals surface area (Å²) in [5.74, 6) is 0.00916. The van der Waals surface area contributed by atoms with E-state index in [9.17, 15) is 4.79 Å².